The number of oxime groups is 2. The standard InChI is InChI=1S/C22H15Cl2F6N3O3/c1-10-4-11(2-3-15(10)19(34)31-18-8-17(24)33-35-18)16-9-20(36-32-16,22(28,29)30)12-5-13(21(25,26)27)7-14(23)6-12/h2-7,18H,8-9H2,1H3,(H,31,34)/t18?,20-/m0/s1. The van der Waals surface area contributed by atoms with E-state index in [1.165, 1.54) is 18.2 Å². The first-order valence-corrected chi connectivity index (χ1v) is 11.0. The maximum atomic E-state index is 14.2. The molecular weight excluding hydrogens is 539 g/mol. The third-order valence-electron chi connectivity index (χ3n) is 5.61. The number of carbonyl (C=O) groups is 1. The first kappa shape index (κ1) is 26.1. The predicted octanol–water partition coefficient (Wildman–Crippen LogP) is 6.28. The van der Waals surface area contributed by atoms with E-state index in [9.17, 15) is 31.1 Å². The molecule has 2 aliphatic heterocycles. The topological polar surface area (TPSA) is 72.3 Å². The van der Waals surface area contributed by atoms with E-state index in [1.54, 1.807) is 6.92 Å². The van der Waals surface area contributed by atoms with Gasteiger partial charge in [-0.25, -0.2) is 0 Å². The number of halogens is 8. The van der Waals surface area contributed by atoms with Crippen molar-refractivity contribution >= 4 is 40.0 Å². The van der Waals surface area contributed by atoms with Crippen LogP contribution in [-0.2, 0) is 21.5 Å². The normalized spacial score (nSPS) is 22.0. The third-order valence-corrected chi connectivity index (χ3v) is 6.05. The van der Waals surface area contributed by atoms with Crippen molar-refractivity contribution in [3.8, 4) is 0 Å². The fraction of sp³-hybridized carbons (Fsp3) is 0.318. The van der Waals surface area contributed by atoms with Crippen LogP contribution in [0.4, 0.5) is 26.3 Å². The lowest BCUT2D eigenvalue weighted by Gasteiger charge is -2.30. The second-order valence-electron chi connectivity index (χ2n) is 8.13. The van der Waals surface area contributed by atoms with Crippen molar-refractivity contribution in [2.45, 2.75) is 43.9 Å². The van der Waals surface area contributed by atoms with Gasteiger partial charge in [-0.3, -0.25) is 4.79 Å². The Bertz CT molecular complexity index is 1280. The summed E-state index contributed by atoms with van der Waals surface area (Å²) in [7, 11) is 0. The number of nitrogens with one attached hydrogen (secondary N) is 1. The maximum absolute atomic E-state index is 14.2. The van der Waals surface area contributed by atoms with E-state index >= 15 is 0 Å². The molecule has 1 amide bonds. The molecule has 36 heavy (non-hydrogen) atoms. The maximum Gasteiger partial charge on any atom is 0.435 e. The molecule has 4 rings (SSSR count). The summed E-state index contributed by atoms with van der Waals surface area (Å²) in [5, 5.41) is 9.27. The summed E-state index contributed by atoms with van der Waals surface area (Å²) < 4.78 is 82.3. The van der Waals surface area contributed by atoms with Crippen LogP contribution in [0.3, 0.4) is 0 Å². The molecule has 2 aromatic carbocycles. The monoisotopic (exact) mass is 553 g/mol. The van der Waals surface area contributed by atoms with Crippen LogP contribution in [0.25, 0.3) is 0 Å². The molecule has 0 aliphatic carbocycles. The zero-order valence-electron chi connectivity index (χ0n) is 18.1. The molecule has 192 valence electrons. The number of aryl methyl sites for hydroxylation is 1. The Morgan fingerprint density at radius 3 is 2.39 bits per heavy atom. The van der Waals surface area contributed by atoms with E-state index in [4.69, 9.17) is 32.9 Å². The molecule has 6 nitrogen and oxygen atoms in total. The van der Waals surface area contributed by atoms with Gasteiger partial charge in [-0.1, -0.05) is 39.6 Å². The van der Waals surface area contributed by atoms with Gasteiger partial charge in [-0.15, -0.1) is 0 Å². The molecule has 1 unspecified atom stereocenters. The van der Waals surface area contributed by atoms with E-state index in [2.05, 4.69) is 15.6 Å². The van der Waals surface area contributed by atoms with Gasteiger partial charge in [0.2, 0.25) is 6.23 Å². The lowest BCUT2D eigenvalue weighted by Crippen LogP contribution is -2.43. The fourth-order valence-corrected chi connectivity index (χ4v) is 4.21. The molecule has 0 radical (unpaired) electrons. The second-order valence-corrected chi connectivity index (χ2v) is 9.00. The van der Waals surface area contributed by atoms with Crippen molar-refractivity contribution in [3.05, 3.63) is 69.2 Å². The van der Waals surface area contributed by atoms with Crippen molar-refractivity contribution in [1.82, 2.24) is 5.32 Å². The number of rotatable bonds is 4. The Kier molecular flexibility index (Phi) is 6.63. The quantitative estimate of drug-likeness (QED) is 0.453. The van der Waals surface area contributed by atoms with Crippen LogP contribution >= 0.6 is 23.2 Å². The van der Waals surface area contributed by atoms with Crippen LogP contribution < -0.4 is 5.32 Å². The Labute approximate surface area is 209 Å². The number of benzene rings is 2. The Hall–Kier alpha value is -2.99. The Morgan fingerprint density at radius 1 is 1.08 bits per heavy atom. The molecule has 1 N–H and O–H groups in total. The SMILES string of the molecule is Cc1cc(C2=NO[C@@](c3cc(Cl)cc(C(F)(F)F)c3)(C(F)(F)F)C2)ccc1C(=O)NC1CC(Cl)=NO1. The van der Waals surface area contributed by atoms with Gasteiger partial charge < -0.3 is 15.0 Å². The fourth-order valence-electron chi connectivity index (χ4n) is 3.79. The van der Waals surface area contributed by atoms with Crippen molar-refractivity contribution in [3.63, 3.8) is 0 Å². The molecule has 2 aliphatic rings. The molecule has 2 heterocycles. The van der Waals surface area contributed by atoms with Gasteiger partial charge in [-0.2, -0.15) is 26.3 Å². The second kappa shape index (κ2) is 9.15. The van der Waals surface area contributed by atoms with Crippen molar-refractivity contribution in [1.29, 1.82) is 0 Å². The molecule has 0 bridgehead atoms. The summed E-state index contributed by atoms with van der Waals surface area (Å²) in [6, 6.07) is 5.78. The number of alkyl halides is 6. The van der Waals surface area contributed by atoms with Crippen LogP contribution in [0.5, 0.6) is 0 Å². The average Bonchev–Trinajstić information content (AvgIpc) is 3.39. The minimum atomic E-state index is -5.13. The van der Waals surface area contributed by atoms with Gasteiger partial charge in [0.25, 0.3) is 11.5 Å². The van der Waals surface area contributed by atoms with Gasteiger partial charge in [-0.05, 0) is 48.4 Å². The van der Waals surface area contributed by atoms with Crippen molar-refractivity contribution < 1.29 is 40.8 Å². The molecule has 2 aromatic rings. The number of hydrogen-bond donors (Lipinski definition) is 1. The van der Waals surface area contributed by atoms with Gasteiger partial charge in [0.1, 0.15) is 0 Å². The van der Waals surface area contributed by atoms with E-state index in [0.717, 1.165) is 6.07 Å². The predicted molar refractivity (Wildman–Crippen MR) is 118 cm³/mol. The summed E-state index contributed by atoms with van der Waals surface area (Å²) in [5.41, 5.74) is -4.75. The summed E-state index contributed by atoms with van der Waals surface area (Å²) in [6.45, 7) is 1.55. The highest BCUT2D eigenvalue weighted by molar-refractivity contribution is 6.65. The van der Waals surface area contributed by atoms with Gasteiger partial charge in [0.15, 0.2) is 5.17 Å². The first-order chi connectivity index (χ1) is 16.7. The number of nitrogens with zero attached hydrogens (tertiary/aromatic N) is 2. The molecule has 0 spiro atoms. The van der Waals surface area contributed by atoms with E-state index in [1.807, 2.05) is 0 Å². The smallest absolute Gasteiger partial charge is 0.374 e. The van der Waals surface area contributed by atoms with Crippen LogP contribution in [0.2, 0.25) is 5.02 Å². The number of amides is 1. The lowest BCUT2D eigenvalue weighted by atomic mass is 9.85. The van der Waals surface area contributed by atoms with E-state index in [-0.39, 0.29) is 28.4 Å². The van der Waals surface area contributed by atoms with Crippen LogP contribution in [0.15, 0.2) is 46.7 Å². The molecule has 2 atom stereocenters. The van der Waals surface area contributed by atoms with Crippen LogP contribution in [-0.4, -0.2) is 29.2 Å². The van der Waals surface area contributed by atoms with Crippen molar-refractivity contribution in [2.75, 3.05) is 0 Å². The highest BCUT2D eigenvalue weighted by Crippen LogP contribution is 2.50. The third kappa shape index (κ3) is 4.96. The average molecular weight is 554 g/mol. The molecule has 0 saturated heterocycles. The van der Waals surface area contributed by atoms with E-state index in [0.29, 0.717) is 17.7 Å². The summed E-state index contributed by atoms with van der Waals surface area (Å²) in [6.07, 6.45) is -11.6. The minimum Gasteiger partial charge on any atom is -0.374 e. The summed E-state index contributed by atoms with van der Waals surface area (Å²) >= 11 is 11.4. The zero-order chi connectivity index (χ0) is 26.5. The van der Waals surface area contributed by atoms with Crippen LogP contribution in [0.1, 0.15) is 45.5 Å². The van der Waals surface area contributed by atoms with E-state index < -0.39 is 52.7 Å². The number of hydrogen-bond acceptors (Lipinski definition) is 5. The summed E-state index contributed by atoms with van der Waals surface area (Å²) in [5.74, 6) is -0.529. The number of carbonyl (C=O) groups excluding carboxylic acids is 1. The van der Waals surface area contributed by atoms with Crippen LogP contribution in [0, 0.1) is 6.92 Å². The zero-order valence-corrected chi connectivity index (χ0v) is 19.6. The molecular formula is C22H15Cl2F6N3O3. The highest BCUT2D eigenvalue weighted by Gasteiger charge is 2.62. The molecule has 0 saturated carbocycles. The minimum absolute atomic E-state index is 0.171. The largest absolute Gasteiger partial charge is 0.435 e. The van der Waals surface area contributed by atoms with Gasteiger partial charge in [0.05, 0.1) is 17.7 Å². The Morgan fingerprint density at radius 2 is 1.81 bits per heavy atom. The Balaban J connectivity index is 1.61. The molecule has 0 aromatic heterocycles. The molecule has 0 fully saturated rings. The summed E-state index contributed by atoms with van der Waals surface area (Å²) in [4.78, 5) is 22.3. The van der Waals surface area contributed by atoms with Gasteiger partial charge >= 0.3 is 12.4 Å². The highest BCUT2D eigenvalue weighted by atomic mass is 35.5. The first-order valence-electron chi connectivity index (χ1n) is 10.2. The lowest BCUT2D eigenvalue weighted by molar-refractivity contribution is -0.276. The van der Waals surface area contributed by atoms with Gasteiger partial charge in [0, 0.05) is 22.6 Å². The molecule has 14 heteroatoms. The van der Waals surface area contributed by atoms with Crippen molar-refractivity contribution in [2.24, 2.45) is 10.3 Å².